The highest BCUT2D eigenvalue weighted by molar-refractivity contribution is 5.72. The molecule has 58 heavy (non-hydrogen) atoms. The molecule has 1 N–H and O–H groups in total. The standard InChI is InChI=1S/C49H97N3O6/c1-6-9-12-15-17-22-29-37-47(53)56-43-32-26-20-24-31-41-52(42-45-58-49(55)50-38-34-39-51(4)5)40-30-23-18-19-25-33-44-57-48(54)46(35-27-14-11-8-3)36-28-21-16-13-10-7-2/h46H,6-45H2,1-5H3,(H,50,55). The molecule has 0 aromatic rings. The van der Waals surface area contributed by atoms with Crippen LogP contribution in [0.5, 0.6) is 0 Å². The van der Waals surface area contributed by atoms with E-state index in [4.69, 9.17) is 14.2 Å². The zero-order valence-corrected chi connectivity index (χ0v) is 39.2. The van der Waals surface area contributed by atoms with E-state index >= 15 is 0 Å². The highest BCUT2D eigenvalue weighted by Gasteiger charge is 2.19. The minimum absolute atomic E-state index is 0.0370. The molecule has 0 heterocycles. The van der Waals surface area contributed by atoms with Gasteiger partial charge < -0.3 is 24.4 Å². The van der Waals surface area contributed by atoms with Crippen LogP contribution in [0.25, 0.3) is 0 Å². The number of nitrogens with one attached hydrogen (secondary N) is 1. The number of hydrogen-bond donors (Lipinski definition) is 1. The highest BCUT2D eigenvalue weighted by atomic mass is 16.5. The van der Waals surface area contributed by atoms with Crippen molar-refractivity contribution in [3.8, 4) is 0 Å². The third-order valence-corrected chi connectivity index (χ3v) is 11.3. The number of nitrogens with zero attached hydrogens (tertiary/aromatic N) is 2. The van der Waals surface area contributed by atoms with Crippen LogP contribution in [0.1, 0.15) is 226 Å². The van der Waals surface area contributed by atoms with Gasteiger partial charge in [0.2, 0.25) is 0 Å². The maximum absolute atomic E-state index is 13.0. The first-order chi connectivity index (χ1) is 28.3. The quantitative estimate of drug-likeness (QED) is 0.0368. The summed E-state index contributed by atoms with van der Waals surface area (Å²) in [4.78, 5) is 41.8. The van der Waals surface area contributed by atoms with Crippen molar-refractivity contribution < 1.29 is 28.6 Å². The average Bonchev–Trinajstić information content (AvgIpc) is 3.21. The summed E-state index contributed by atoms with van der Waals surface area (Å²) in [6, 6.07) is 0. The Morgan fingerprint density at radius 2 is 0.897 bits per heavy atom. The van der Waals surface area contributed by atoms with Crippen LogP contribution in [0, 0.1) is 5.92 Å². The molecule has 0 aliphatic rings. The van der Waals surface area contributed by atoms with Crippen LogP contribution in [0.2, 0.25) is 0 Å². The van der Waals surface area contributed by atoms with E-state index in [1.807, 2.05) is 14.1 Å². The van der Waals surface area contributed by atoms with Gasteiger partial charge in [-0.2, -0.15) is 0 Å². The Labute approximate surface area is 359 Å². The van der Waals surface area contributed by atoms with Gasteiger partial charge in [-0.1, -0.05) is 168 Å². The molecule has 0 aromatic heterocycles. The van der Waals surface area contributed by atoms with E-state index in [1.165, 1.54) is 103 Å². The molecular formula is C49H97N3O6. The third-order valence-electron chi connectivity index (χ3n) is 11.3. The van der Waals surface area contributed by atoms with Gasteiger partial charge in [0.15, 0.2) is 0 Å². The van der Waals surface area contributed by atoms with Crippen molar-refractivity contribution in [2.45, 2.75) is 226 Å². The van der Waals surface area contributed by atoms with Gasteiger partial charge in [0.05, 0.1) is 19.1 Å². The lowest BCUT2D eigenvalue weighted by molar-refractivity contribution is -0.149. The van der Waals surface area contributed by atoms with E-state index in [9.17, 15) is 14.4 Å². The minimum atomic E-state index is -0.326. The summed E-state index contributed by atoms with van der Waals surface area (Å²) in [6.07, 6.45) is 36.2. The van der Waals surface area contributed by atoms with E-state index in [0.29, 0.717) is 32.8 Å². The lowest BCUT2D eigenvalue weighted by Gasteiger charge is -2.22. The van der Waals surface area contributed by atoms with Gasteiger partial charge in [0.25, 0.3) is 0 Å². The highest BCUT2D eigenvalue weighted by Crippen LogP contribution is 2.21. The molecule has 1 unspecified atom stereocenters. The molecule has 9 nitrogen and oxygen atoms in total. The molecule has 0 rings (SSSR count). The minimum Gasteiger partial charge on any atom is -0.466 e. The molecule has 0 aliphatic carbocycles. The van der Waals surface area contributed by atoms with Gasteiger partial charge in [0.1, 0.15) is 6.61 Å². The second-order valence-corrected chi connectivity index (χ2v) is 17.3. The number of carbonyl (C=O) groups excluding carboxylic acids is 3. The summed E-state index contributed by atoms with van der Waals surface area (Å²) in [5.74, 6) is 0.0930. The molecular weight excluding hydrogens is 727 g/mol. The Balaban J connectivity index is 4.37. The molecule has 344 valence electrons. The van der Waals surface area contributed by atoms with Gasteiger partial charge in [-0.3, -0.25) is 14.5 Å². The van der Waals surface area contributed by atoms with Crippen LogP contribution >= 0.6 is 0 Å². The van der Waals surface area contributed by atoms with Crippen LogP contribution in [-0.2, 0) is 23.8 Å². The lowest BCUT2D eigenvalue weighted by Crippen LogP contribution is -2.33. The molecule has 0 fully saturated rings. The second kappa shape index (κ2) is 44.7. The van der Waals surface area contributed by atoms with E-state index in [2.05, 4.69) is 35.9 Å². The van der Waals surface area contributed by atoms with Gasteiger partial charge >= 0.3 is 18.0 Å². The Kier molecular flexibility index (Phi) is 43.2. The SMILES string of the molecule is CCCCCCCCCC(=O)OCCCCCCCN(CCCCCCCCOC(=O)C(CCCCCC)CCCCCCCC)CCOC(=O)NCCCN(C)C. The second-order valence-electron chi connectivity index (χ2n) is 17.3. The molecule has 0 saturated heterocycles. The molecule has 0 spiro atoms. The van der Waals surface area contributed by atoms with E-state index in [0.717, 1.165) is 122 Å². The van der Waals surface area contributed by atoms with Crippen molar-refractivity contribution in [2.24, 2.45) is 5.92 Å². The zero-order valence-electron chi connectivity index (χ0n) is 39.2. The van der Waals surface area contributed by atoms with Crippen LogP contribution in [-0.4, -0.2) is 94.5 Å². The first-order valence-corrected chi connectivity index (χ1v) is 24.9. The smallest absolute Gasteiger partial charge is 0.407 e. The Morgan fingerprint density at radius 3 is 1.43 bits per heavy atom. The molecule has 0 aliphatic heterocycles. The van der Waals surface area contributed by atoms with Crippen LogP contribution in [0.3, 0.4) is 0 Å². The third kappa shape index (κ3) is 40.9. The Hall–Kier alpha value is -1.87. The van der Waals surface area contributed by atoms with Crippen LogP contribution in [0.15, 0.2) is 0 Å². The van der Waals surface area contributed by atoms with Gasteiger partial charge in [-0.15, -0.1) is 0 Å². The predicted octanol–water partition coefficient (Wildman–Crippen LogP) is 12.8. The summed E-state index contributed by atoms with van der Waals surface area (Å²) in [6.45, 7) is 12.6. The zero-order chi connectivity index (χ0) is 42.6. The van der Waals surface area contributed by atoms with Crippen molar-refractivity contribution in [3.63, 3.8) is 0 Å². The maximum atomic E-state index is 13.0. The Morgan fingerprint density at radius 1 is 0.448 bits per heavy atom. The number of rotatable bonds is 45. The number of hydrogen-bond acceptors (Lipinski definition) is 8. The van der Waals surface area contributed by atoms with E-state index < -0.39 is 0 Å². The fourth-order valence-corrected chi connectivity index (χ4v) is 7.50. The first-order valence-electron chi connectivity index (χ1n) is 24.9. The summed E-state index contributed by atoms with van der Waals surface area (Å²) in [7, 11) is 4.07. The van der Waals surface area contributed by atoms with Crippen LogP contribution < -0.4 is 5.32 Å². The molecule has 1 atom stereocenters. The topological polar surface area (TPSA) is 97.4 Å². The van der Waals surface area contributed by atoms with Crippen LogP contribution in [0.4, 0.5) is 4.79 Å². The molecule has 0 radical (unpaired) electrons. The molecule has 0 bridgehead atoms. The van der Waals surface area contributed by atoms with Crippen molar-refractivity contribution in [1.82, 2.24) is 15.1 Å². The Bertz CT molecular complexity index is 904. The number of alkyl carbamates (subject to hydrolysis) is 1. The fraction of sp³-hybridized carbons (Fsp3) is 0.939. The predicted molar refractivity (Wildman–Crippen MR) is 245 cm³/mol. The average molecular weight is 824 g/mol. The number of esters is 2. The molecule has 0 aromatic carbocycles. The molecule has 1 amide bonds. The number of amides is 1. The summed E-state index contributed by atoms with van der Waals surface area (Å²) < 4.78 is 16.8. The van der Waals surface area contributed by atoms with Gasteiger partial charge in [-0.25, -0.2) is 4.79 Å². The van der Waals surface area contributed by atoms with E-state index in [-0.39, 0.29) is 23.9 Å². The molecule has 9 heteroatoms. The van der Waals surface area contributed by atoms with Crippen molar-refractivity contribution >= 4 is 18.0 Å². The normalized spacial score (nSPS) is 12.0. The maximum Gasteiger partial charge on any atom is 0.407 e. The summed E-state index contributed by atoms with van der Waals surface area (Å²) in [5.41, 5.74) is 0. The largest absolute Gasteiger partial charge is 0.466 e. The van der Waals surface area contributed by atoms with Gasteiger partial charge in [0, 0.05) is 19.5 Å². The van der Waals surface area contributed by atoms with Gasteiger partial charge in [-0.05, 0) is 85.1 Å². The number of ether oxygens (including phenoxy) is 3. The number of carbonyl (C=O) groups is 3. The summed E-state index contributed by atoms with van der Waals surface area (Å²) >= 11 is 0. The van der Waals surface area contributed by atoms with Crippen molar-refractivity contribution in [2.75, 3.05) is 66.6 Å². The monoisotopic (exact) mass is 824 g/mol. The fourth-order valence-electron chi connectivity index (χ4n) is 7.50. The first kappa shape index (κ1) is 56.1. The lowest BCUT2D eigenvalue weighted by atomic mass is 9.94. The van der Waals surface area contributed by atoms with E-state index in [1.54, 1.807) is 0 Å². The number of unbranched alkanes of at least 4 members (excludes halogenated alkanes) is 23. The summed E-state index contributed by atoms with van der Waals surface area (Å²) in [5, 5.41) is 2.87. The molecule has 0 saturated carbocycles. The van der Waals surface area contributed by atoms with Crippen molar-refractivity contribution in [3.05, 3.63) is 0 Å². The van der Waals surface area contributed by atoms with Crippen molar-refractivity contribution in [1.29, 1.82) is 0 Å².